The van der Waals surface area contributed by atoms with Crippen molar-refractivity contribution in [2.45, 2.75) is 38.9 Å². The number of carbonyl (C=O) groups is 1. The molecule has 0 aliphatic carbocycles. The van der Waals surface area contributed by atoms with Crippen LogP contribution in [-0.4, -0.2) is 21.7 Å². The normalized spacial score (nSPS) is 12.7. The number of pyridine rings is 1. The Hall–Kier alpha value is -2.20. The molecule has 0 aliphatic heterocycles. The van der Waals surface area contributed by atoms with Crippen LogP contribution in [0.3, 0.4) is 0 Å². The van der Waals surface area contributed by atoms with Crippen LogP contribution in [0.1, 0.15) is 43.6 Å². The van der Waals surface area contributed by atoms with Crippen LogP contribution in [0.5, 0.6) is 0 Å². The first kappa shape index (κ1) is 16.2. The van der Waals surface area contributed by atoms with Crippen molar-refractivity contribution in [3.8, 4) is 0 Å². The summed E-state index contributed by atoms with van der Waals surface area (Å²) in [4.78, 5) is 16.1. The fraction of sp³-hybridized carbons (Fsp3) is 0.333. The number of rotatable bonds is 4. The molecule has 4 nitrogen and oxygen atoms in total. The van der Waals surface area contributed by atoms with Gasteiger partial charge in [0.2, 0.25) is 0 Å². The van der Waals surface area contributed by atoms with E-state index in [1.165, 1.54) is 0 Å². The van der Waals surface area contributed by atoms with Crippen molar-refractivity contribution in [3.63, 3.8) is 0 Å². The molecule has 1 atom stereocenters. The number of hydrogen-bond donors (Lipinski definition) is 1. The van der Waals surface area contributed by atoms with Crippen molar-refractivity contribution in [1.82, 2.24) is 4.98 Å². The smallest absolute Gasteiger partial charge is 0.310 e. The van der Waals surface area contributed by atoms with Crippen molar-refractivity contribution in [2.24, 2.45) is 0 Å². The van der Waals surface area contributed by atoms with Crippen LogP contribution in [-0.2, 0) is 16.0 Å². The zero-order valence-electron chi connectivity index (χ0n) is 13.1. The van der Waals surface area contributed by atoms with E-state index >= 15 is 0 Å². The molecule has 0 fully saturated rings. The molecule has 4 heteroatoms. The van der Waals surface area contributed by atoms with Gasteiger partial charge in [-0.3, -0.25) is 9.78 Å². The van der Waals surface area contributed by atoms with Crippen molar-refractivity contribution < 1.29 is 14.6 Å². The molecule has 0 spiro atoms. The zero-order valence-corrected chi connectivity index (χ0v) is 13.1. The van der Waals surface area contributed by atoms with Gasteiger partial charge in [-0.05, 0) is 43.5 Å². The van der Waals surface area contributed by atoms with Crippen LogP contribution in [0.2, 0.25) is 0 Å². The highest BCUT2D eigenvalue weighted by molar-refractivity contribution is 5.73. The highest BCUT2D eigenvalue weighted by Crippen LogP contribution is 2.25. The Bertz CT molecular complexity index is 632. The summed E-state index contributed by atoms with van der Waals surface area (Å²) >= 11 is 0. The largest absolute Gasteiger partial charge is 0.460 e. The second kappa shape index (κ2) is 6.71. The number of benzene rings is 1. The molecule has 1 aromatic heterocycles. The number of hydrogen-bond acceptors (Lipinski definition) is 4. The predicted octanol–water partition coefficient (Wildman–Crippen LogP) is 3.05. The van der Waals surface area contributed by atoms with E-state index in [1.54, 1.807) is 18.5 Å². The van der Waals surface area contributed by atoms with Crippen LogP contribution in [0.25, 0.3) is 0 Å². The molecule has 0 saturated heterocycles. The monoisotopic (exact) mass is 299 g/mol. The summed E-state index contributed by atoms with van der Waals surface area (Å²) in [5.74, 6) is -0.331. The minimum absolute atomic E-state index is 0.0876. The van der Waals surface area contributed by atoms with E-state index in [1.807, 2.05) is 51.1 Å². The van der Waals surface area contributed by atoms with E-state index in [-0.39, 0.29) is 12.4 Å². The average molecular weight is 299 g/mol. The topological polar surface area (TPSA) is 59.4 Å². The van der Waals surface area contributed by atoms with E-state index in [9.17, 15) is 9.90 Å². The standard InChI is InChI=1S/C18H21NO3/c1-18(2,3)22-16(20)11-14-12-19-10-9-15(14)17(21)13-7-5-4-6-8-13/h4-10,12,17,21H,11H2,1-3H3. The quantitative estimate of drug-likeness (QED) is 0.882. The van der Waals surface area contributed by atoms with Gasteiger partial charge in [0, 0.05) is 12.4 Å². The van der Waals surface area contributed by atoms with E-state index in [2.05, 4.69) is 4.98 Å². The van der Waals surface area contributed by atoms with E-state index in [0.29, 0.717) is 11.1 Å². The number of nitrogens with zero attached hydrogens (tertiary/aromatic N) is 1. The van der Waals surface area contributed by atoms with E-state index in [0.717, 1.165) is 5.56 Å². The van der Waals surface area contributed by atoms with Gasteiger partial charge in [-0.15, -0.1) is 0 Å². The molecular weight excluding hydrogens is 278 g/mol. The lowest BCUT2D eigenvalue weighted by Crippen LogP contribution is -2.25. The van der Waals surface area contributed by atoms with Crippen molar-refractivity contribution in [1.29, 1.82) is 0 Å². The summed E-state index contributed by atoms with van der Waals surface area (Å²) in [6.45, 7) is 5.48. The highest BCUT2D eigenvalue weighted by Gasteiger charge is 2.20. The first-order chi connectivity index (χ1) is 10.4. The Labute approximate surface area is 130 Å². The molecule has 1 N–H and O–H groups in total. The second-order valence-corrected chi connectivity index (χ2v) is 6.15. The molecule has 2 rings (SSSR count). The number of aromatic nitrogens is 1. The fourth-order valence-corrected chi connectivity index (χ4v) is 2.20. The van der Waals surface area contributed by atoms with Crippen LogP contribution in [0.15, 0.2) is 48.8 Å². The summed E-state index contributed by atoms with van der Waals surface area (Å²) in [5, 5.41) is 10.5. The van der Waals surface area contributed by atoms with Gasteiger partial charge in [-0.25, -0.2) is 0 Å². The molecule has 2 aromatic rings. The zero-order chi connectivity index (χ0) is 16.2. The Kier molecular flexibility index (Phi) is 4.93. The molecule has 0 radical (unpaired) electrons. The molecule has 0 bridgehead atoms. The highest BCUT2D eigenvalue weighted by atomic mass is 16.6. The lowest BCUT2D eigenvalue weighted by atomic mass is 9.97. The average Bonchev–Trinajstić information content (AvgIpc) is 2.46. The third-order valence-electron chi connectivity index (χ3n) is 3.11. The molecular formula is C18H21NO3. The first-order valence-corrected chi connectivity index (χ1v) is 7.24. The van der Waals surface area contributed by atoms with Gasteiger partial charge in [-0.1, -0.05) is 30.3 Å². The first-order valence-electron chi connectivity index (χ1n) is 7.24. The van der Waals surface area contributed by atoms with Crippen molar-refractivity contribution in [2.75, 3.05) is 0 Å². The van der Waals surface area contributed by atoms with Crippen molar-refractivity contribution in [3.05, 3.63) is 65.5 Å². The Balaban J connectivity index is 2.22. The predicted molar refractivity (Wildman–Crippen MR) is 84.3 cm³/mol. The molecule has 0 amide bonds. The van der Waals surface area contributed by atoms with Gasteiger partial charge in [0.1, 0.15) is 11.7 Å². The maximum atomic E-state index is 12.0. The van der Waals surface area contributed by atoms with Gasteiger partial charge >= 0.3 is 5.97 Å². The Morgan fingerprint density at radius 2 is 1.91 bits per heavy atom. The minimum Gasteiger partial charge on any atom is -0.460 e. The third kappa shape index (κ3) is 4.40. The van der Waals surface area contributed by atoms with Crippen LogP contribution in [0.4, 0.5) is 0 Å². The second-order valence-electron chi connectivity index (χ2n) is 6.15. The van der Waals surface area contributed by atoms with Gasteiger partial charge in [0.25, 0.3) is 0 Å². The molecule has 0 aliphatic rings. The van der Waals surface area contributed by atoms with Gasteiger partial charge in [0.05, 0.1) is 6.42 Å². The van der Waals surface area contributed by atoms with Crippen LogP contribution in [0, 0.1) is 0 Å². The minimum atomic E-state index is -0.790. The van der Waals surface area contributed by atoms with Crippen molar-refractivity contribution >= 4 is 5.97 Å². The maximum absolute atomic E-state index is 12.0. The van der Waals surface area contributed by atoms with Gasteiger partial charge < -0.3 is 9.84 Å². The summed E-state index contributed by atoms with van der Waals surface area (Å²) in [6, 6.07) is 11.1. The number of ether oxygens (including phenoxy) is 1. The lowest BCUT2D eigenvalue weighted by Gasteiger charge is -2.20. The number of aliphatic hydroxyl groups excluding tert-OH is 1. The molecule has 1 unspecified atom stereocenters. The van der Waals surface area contributed by atoms with Gasteiger partial charge in [-0.2, -0.15) is 0 Å². The van der Waals surface area contributed by atoms with Crippen LogP contribution < -0.4 is 0 Å². The SMILES string of the molecule is CC(C)(C)OC(=O)Cc1cnccc1C(O)c1ccccc1. The number of aliphatic hydroxyl groups is 1. The maximum Gasteiger partial charge on any atom is 0.310 e. The summed E-state index contributed by atoms with van der Waals surface area (Å²) in [7, 11) is 0. The molecule has 1 heterocycles. The molecule has 0 saturated carbocycles. The number of esters is 1. The lowest BCUT2D eigenvalue weighted by molar-refractivity contribution is -0.153. The summed E-state index contributed by atoms with van der Waals surface area (Å²) in [5.41, 5.74) is 1.59. The summed E-state index contributed by atoms with van der Waals surface area (Å²) in [6.07, 6.45) is 2.51. The summed E-state index contributed by atoms with van der Waals surface area (Å²) < 4.78 is 5.33. The molecule has 116 valence electrons. The van der Waals surface area contributed by atoms with E-state index in [4.69, 9.17) is 4.74 Å². The third-order valence-corrected chi connectivity index (χ3v) is 3.11. The Morgan fingerprint density at radius 3 is 2.55 bits per heavy atom. The van der Waals surface area contributed by atoms with Crippen LogP contribution >= 0.6 is 0 Å². The van der Waals surface area contributed by atoms with Gasteiger partial charge in [0.15, 0.2) is 0 Å². The fourth-order valence-electron chi connectivity index (χ4n) is 2.20. The molecule has 22 heavy (non-hydrogen) atoms. The number of carbonyl (C=O) groups excluding carboxylic acids is 1. The Morgan fingerprint density at radius 1 is 1.23 bits per heavy atom. The van der Waals surface area contributed by atoms with E-state index < -0.39 is 11.7 Å². The molecule has 1 aromatic carbocycles.